The first-order valence-electron chi connectivity index (χ1n) is 10.7. The van der Waals surface area contributed by atoms with Gasteiger partial charge in [-0.3, -0.25) is 0 Å². The van der Waals surface area contributed by atoms with Gasteiger partial charge in [0.2, 0.25) is 0 Å². The lowest BCUT2D eigenvalue weighted by Crippen LogP contribution is -2.39. The summed E-state index contributed by atoms with van der Waals surface area (Å²) in [5, 5.41) is 0. The molecule has 2 atom stereocenters. The number of fused-ring (bicyclic) bond motifs is 1. The van der Waals surface area contributed by atoms with Crippen LogP contribution in [0.3, 0.4) is 0 Å². The molecule has 0 spiro atoms. The van der Waals surface area contributed by atoms with Crippen LogP contribution in [-0.2, 0) is 9.47 Å². The topological polar surface area (TPSA) is 45.2 Å². The summed E-state index contributed by atoms with van der Waals surface area (Å²) in [5.74, 6) is 0. The Kier molecular flexibility index (Phi) is 4.96. The first-order chi connectivity index (χ1) is 13.6. The standard InChI is InChI=1S/C23H35N3O3/c1-21(2,3)29-20(27)26-16-22(4)14-25(15-23(22,5)17-26)19-8-6-18(7-9-19)24-10-12-28-13-11-24/h6-9H,10-17H2,1-5H3/t22-,23+. The maximum atomic E-state index is 12.6. The first-order valence-corrected chi connectivity index (χ1v) is 10.7. The molecule has 160 valence electrons. The Hall–Kier alpha value is -1.95. The third-order valence-corrected chi connectivity index (χ3v) is 6.86. The second kappa shape index (κ2) is 7.08. The van der Waals surface area contributed by atoms with Gasteiger partial charge in [-0.05, 0) is 45.0 Å². The summed E-state index contributed by atoms with van der Waals surface area (Å²) in [6.45, 7) is 17.4. The summed E-state index contributed by atoms with van der Waals surface area (Å²) in [4.78, 5) is 19.4. The maximum absolute atomic E-state index is 12.6. The van der Waals surface area contributed by atoms with Crippen LogP contribution in [0.15, 0.2) is 24.3 Å². The molecule has 4 rings (SSSR count). The smallest absolute Gasteiger partial charge is 0.410 e. The molecule has 29 heavy (non-hydrogen) atoms. The highest BCUT2D eigenvalue weighted by Crippen LogP contribution is 2.52. The molecule has 3 aliphatic heterocycles. The number of benzene rings is 1. The first kappa shape index (κ1) is 20.3. The molecular weight excluding hydrogens is 366 g/mol. The third-order valence-electron chi connectivity index (χ3n) is 6.86. The van der Waals surface area contributed by atoms with E-state index >= 15 is 0 Å². The van der Waals surface area contributed by atoms with Crippen LogP contribution in [0.25, 0.3) is 0 Å². The van der Waals surface area contributed by atoms with Gasteiger partial charge in [0, 0.05) is 61.5 Å². The van der Waals surface area contributed by atoms with Gasteiger partial charge in [-0.2, -0.15) is 0 Å². The van der Waals surface area contributed by atoms with Crippen LogP contribution in [0.5, 0.6) is 0 Å². The van der Waals surface area contributed by atoms with Crippen molar-refractivity contribution in [2.24, 2.45) is 10.8 Å². The molecule has 0 aromatic heterocycles. The number of hydrogen-bond donors (Lipinski definition) is 0. The van der Waals surface area contributed by atoms with E-state index in [1.54, 1.807) is 0 Å². The second-order valence-electron chi connectivity index (χ2n) is 10.4. The Morgan fingerprint density at radius 1 is 0.897 bits per heavy atom. The van der Waals surface area contributed by atoms with Crippen molar-refractivity contribution in [2.45, 2.75) is 40.2 Å². The summed E-state index contributed by atoms with van der Waals surface area (Å²) in [6.07, 6.45) is -0.184. The normalized spacial score (nSPS) is 29.9. The van der Waals surface area contributed by atoms with Gasteiger partial charge in [0.1, 0.15) is 5.60 Å². The Morgan fingerprint density at radius 3 is 1.86 bits per heavy atom. The van der Waals surface area contributed by atoms with E-state index in [2.05, 4.69) is 47.9 Å². The lowest BCUT2D eigenvalue weighted by molar-refractivity contribution is 0.0269. The van der Waals surface area contributed by atoms with E-state index in [-0.39, 0.29) is 16.9 Å². The van der Waals surface area contributed by atoms with Gasteiger partial charge < -0.3 is 24.2 Å². The average molecular weight is 402 g/mol. The molecule has 3 aliphatic rings. The minimum absolute atomic E-state index is 0.0623. The van der Waals surface area contributed by atoms with Gasteiger partial charge >= 0.3 is 6.09 Å². The summed E-state index contributed by atoms with van der Waals surface area (Å²) < 4.78 is 11.1. The predicted molar refractivity (Wildman–Crippen MR) is 116 cm³/mol. The monoisotopic (exact) mass is 401 g/mol. The number of nitrogens with zero attached hydrogens (tertiary/aromatic N) is 3. The highest BCUT2D eigenvalue weighted by Gasteiger charge is 2.59. The number of anilines is 2. The number of carbonyl (C=O) groups is 1. The quantitative estimate of drug-likeness (QED) is 0.758. The molecule has 0 radical (unpaired) electrons. The zero-order valence-electron chi connectivity index (χ0n) is 18.5. The van der Waals surface area contributed by atoms with Gasteiger partial charge in [0.25, 0.3) is 0 Å². The van der Waals surface area contributed by atoms with E-state index in [0.29, 0.717) is 0 Å². The van der Waals surface area contributed by atoms with E-state index in [9.17, 15) is 4.79 Å². The van der Waals surface area contributed by atoms with E-state index in [1.165, 1.54) is 11.4 Å². The van der Waals surface area contributed by atoms with E-state index < -0.39 is 5.60 Å². The van der Waals surface area contributed by atoms with Crippen LogP contribution in [0.1, 0.15) is 34.6 Å². The molecule has 0 saturated carbocycles. The number of carbonyl (C=O) groups excluding carboxylic acids is 1. The molecule has 0 N–H and O–H groups in total. The van der Waals surface area contributed by atoms with Crippen LogP contribution < -0.4 is 9.80 Å². The Morgan fingerprint density at radius 2 is 1.38 bits per heavy atom. The fraction of sp³-hybridized carbons (Fsp3) is 0.696. The molecule has 0 bridgehead atoms. The molecule has 3 fully saturated rings. The zero-order valence-corrected chi connectivity index (χ0v) is 18.5. The minimum Gasteiger partial charge on any atom is -0.444 e. The average Bonchev–Trinajstić information content (AvgIpc) is 3.06. The molecule has 0 unspecified atom stereocenters. The van der Waals surface area contributed by atoms with Crippen molar-refractivity contribution >= 4 is 17.5 Å². The molecule has 1 aromatic carbocycles. The van der Waals surface area contributed by atoms with Crippen LogP contribution in [0.4, 0.5) is 16.2 Å². The number of amides is 1. The minimum atomic E-state index is -0.454. The summed E-state index contributed by atoms with van der Waals surface area (Å²) >= 11 is 0. The van der Waals surface area contributed by atoms with Crippen molar-refractivity contribution in [1.82, 2.24) is 4.90 Å². The van der Waals surface area contributed by atoms with Gasteiger partial charge in [-0.1, -0.05) is 13.8 Å². The molecule has 6 heteroatoms. The van der Waals surface area contributed by atoms with Crippen molar-refractivity contribution in [2.75, 3.05) is 62.3 Å². The fourth-order valence-electron chi connectivity index (χ4n) is 4.99. The molecule has 1 amide bonds. The van der Waals surface area contributed by atoms with Crippen molar-refractivity contribution in [3.05, 3.63) is 24.3 Å². The van der Waals surface area contributed by atoms with Gasteiger partial charge in [-0.25, -0.2) is 4.79 Å². The second-order valence-corrected chi connectivity index (χ2v) is 10.4. The zero-order chi connectivity index (χ0) is 20.9. The molecule has 6 nitrogen and oxygen atoms in total. The predicted octanol–water partition coefficient (Wildman–Crippen LogP) is 3.61. The Bertz CT molecular complexity index is 734. The van der Waals surface area contributed by atoms with Gasteiger partial charge in [0.15, 0.2) is 0 Å². The molecule has 1 aromatic rings. The van der Waals surface area contributed by atoms with Crippen LogP contribution in [0, 0.1) is 10.8 Å². The molecule has 3 heterocycles. The number of rotatable bonds is 2. The fourth-order valence-corrected chi connectivity index (χ4v) is 4.99. The van der Waals surface area contributed by atoms with Gasteiger partial charge in [0.05, 0.1) is 13.2 Å². The van der Waals surface area contributed by atoms with E-state index in [1.807, 2.05) is 25.7 Å². The molecule has 3 saturated heterocycles. The lowest BCUT2D eigenvalue weighted by atomic mass is 9.71. The van der Waals surface area contributed by atoms with Crippen LogP contribution >= 0.6 is 0 Å². The maximum Gasteiger partial charge on any atom is 0.410 e. The lowest BCUT2D eigenvalue weighted by Gasteiger charge is -2.30. The van der Waals surface area contributed by atoms with Crippen molar-refractivity contribution in [3.8, 4) is 0 Å². The van der Waals surface area contributed by atoms with Crippen molar-refractivity contribution in [1.29, 1.82) is 0 Å². The number of morpholine rings is 1. The van der Waals surface area contributed by atoms with E-state index in [4.69, 9.17) is 9.47 Å². The number of likely N-dealkylation sites (tertiary alicyclic amines) is 1. The highest BCUT2D eigenvalue weighted by atomic mass is 16.6. The Balaban J connectivity index is 1.43. The largest absolute Gasteiger partial charge is 0.444 e. The summed E-state index contributed by atoms with van der Waals surface area (Å²) in [5.41, 5.74) is 2.21. The third kappa shape index (κ3) is 3.91. The Labute approximate surface area is 174 Å². The summed E-state index contributed by atoms with van der Waals surface area (Å²) in [6, 6.07) is 8.94. The van der Waals surface area contributed by atoms with Crippen LogP contribution in [-0.4, -0.2) is 69.1 Å². The highest BCUT2D eigenvalue weighted by molar-refractivity contribution is 5.69. The summed E-state index contributed by atoms with van der Waals surface area (Å²) in [7, 11) is 0. The van der Waals surface area contributed by atoms with Gasteiger partial charge in [-0.15, -0.1) is 0 Å². The van der Waals surface area contributed by atoms with E-state index in [0.717, 1.165) is 52.5 Å². The van der Waals surface area contributed by atoms with Crippen molar-refractivity contribution < 1.29 is 14.3 Å². The molecule has 0 aliphatic carbocycles. The van der Waals surface area contributed by atoms with Crippen molar-refractivity contribution in [3.63, 3.8) is 0 Å². The number of hydrogen-bond acceptors (Lipinski definition) is 5. The number of ether oxygens (including phenoxy) is 2. The SMILES string of the molecule is CC(C)(C)OC(=O)N1C[C@@]2(C)CN(c3ccc(N4CCOCC4)cc3)C[C@@]2(C)C1. The molecular formula is C23H35N3O3. The van der Waals surface area contributed by atoms with Crippen LogP contribution in [0.2, 0.25) is 0 Å².